The minimum atomic E-state index is 0.827. The number of hydrogen-bond acceptors (Lipinski definition) is 0. The SMILES string of the molecule is C=Cc1cc(C)c(C)c(C)c1Cl. The summed E-state index contributed by atoms with van der Waals surface area (Å²) in [5.74, 6) is 0. The van der Waals surface area contributed by atoms with Gasteiger partial charge in [-0.15, -0.1) is 0 Å². The molecule has 0 aliphatic rings. The molecule has 0 heterocycles. The van der Waals surface area contributed by atoms with E-state index in [-0.39, 0.29) is 0 Å². The first-order chi connectivity index (χ1) is 5.57. The van der Waals surface area contributed by atoms with Crippen molar-refractivity contribution in [2.45, 2.75) is 20.8 Å². The maximum Gasteiger partial charge on any atom is 0.0510 e. The number of aryl methyl sites for hydroxylation is 1. The van der Waals surface area contributed by atoms with E-state index in [9.17, 15) is 0 Å². The summed E-state index contributed by atoms with van der Waals surface area (Å²) >= 11 is 6.10. The molecule has 0 bridgehead atoms. The Morgan fingerprint density at radius 1 is 1.25 bits per heavy atom. The molecule has 0 N–H and O–H groups in total. The molecule has 1 rings (SSSR count). The van der Waals surface area contributed by atoms with Crippen molar-refractivity contribution in [1.82, 2.24) is 0 Å². The zero-order valence-electron chi connectivity index (χ0n) is 7.74. The molecule has 12 heavy (non-hydrogen) atoms. The molecule has 0 aliphatic heterocycles. The summed E-state index contributed by atoms with van der Waals surface area (Å²) in [6, 6.07) is 2.07. The van der Waals surface area contributed by atoms with E-state index in [0.717, 1.165) is 16.1 Å². The molecule has 0 saturated carbocycles. The zero-order chi connectivity index (χ0) is 9.30. The maximum atomic E-state index is 6.10. The van der Waals surface area contributed by atoms with Gasteiger partial charge < -0.3 is 0 Å². The van der Waals surface area contributed by atoms with E-state index >= 15 is 0 Å². The van der Waals surface area contributed by atoms with Gasteiger partial charge in [0.05, 0.1) is 5.02 Å². The minimum absolute atomic E-state index is 0.827. The summed E-state index contributed by atoms with van der Waals surface area (Å²) in [7, 11) is 0. The first kappa shape index (κ1) is 9.34. The van der Waals surface area contributed by atoms with Gasteiger partial charge in [0, 0.05) is 0 Å². The lowest BCUT2D eigenvalue weighted by molar-refractivity contribution is 1.26. The van der Waals surface area contributed by atoms with Crippen LogP contribution in [0.2, 0.25) is 5.02 Å². The van der Waals surface area contributed by atoms with Crippen molar-refractivity contribution in [2.24, 2.45) is 0 Å². The Morgan fingerprint density at radius 2 is 1.83 bits per heavy atom. The Balaban J connectivity index is 3.49. The van der Waals surface area contributed by atoms with E-state index in [0.29, 0.717) is 0 Å². The van der Waals surface area contributed by atoms with Gasteiger partial charge in [-0.25, -0.2) is 0 Å². The molecule has 1 aromatic carbocycles. The van der Waals surface area contributed by atoms with Crippen molar-refractivity contribution >= 4 is 17.7 Å². The molecule has 0 atom stereocenters. The summed E-state index contributed by atoms with van der Waals surface area (Å²) in [6.07, 6.45) is 1.79. The van der Waals surface area contributed by atoms with Crippen LogP contribution >= 0.6 is 11.6 Å². The molecule has 0 nitrogen and oxygen atoms in total. The van der Waals surface area contributed by atoms with Crippen LogP contribution in [0.3, 0.4) is 0 Å². The Morgan fingerprint density at radius 3 is 2.33 bits per heavy atom. The molecule has 0 aromatic heterocycles. The molecular weight excluding hydrogens is 168 g/mol. The van der Waals surface area contributed by atoms with Gasteiger partial charge in [0.2, 0.25) is 0 Å². The van der Waals surface area contributed by atoms with Gasteiger partial charge in [-0.3, -0.25) is 0 Å². The monoisotopic (exact) mass is 180 g/mol. The van der Waals surface area contributed by atoms with E-state index in [4.69, 9.17) is 11.6 Å². The predicted molar refractivity (Wildman–Crippen MR) is 55.8 cm³/mol. The van der Waals surface area contributed by atoms with Crippen LogP contribution in [0.1, 0.15) is 22.3 Å². The lowest BCUT2D eigenvalue weighted by Gasteiger charge is -2.09. The average molecular weight is 181 g/mol. The lowest BCUT2D eigenvalue weighted by Crippen LogP contribution is -1.90. The molecule has 1 heteroatoms. The quantitative estimate of drug-likeness (QED) is 0.615. The minimum Gasteiger partial charge on any atom is -0.0984 e. The van der Waals surface area contributed by atoms with Gasteiger partial charge in [-0.1, -0.05) is 30.3 Å². The molecule has 64 valence electrons. The zero-order valence-corrected chi connectivity index (χ0v) is 8.50. The van der Waals surface area contributed by atoms with Crippen LogP contribution in [0.25, 0.3) is 6.08 Å². The number of benzene rings is 1. The Bertz CT molecular complexity index is 324. The Labute approximate surface area is 78.9 Å². The Hall–Kier alpha value is -0.750. The lowest BCUT2D eigenvalue weighted by atomic mass is 10.0. The van der Waals surface area contributed by atoms with Crippen molar-refractivity contribution in [1.29, 1.82) is 0 Å². The summed E-state index contributed by atoms with van der Waals surface area (Å²) in [5, 5.41) is 0.827. The molecule has 0 saturated heterocycles. The first-order valence-electron chi connectivity index (χ1n) is 3.96. The van der Waals surface area contributed by atoms with Crippen LogP contribution in [0, 0.1) is 20.8 Å². The summed E-state index contributed by atoms with van der Waals surface area (Å²) in [5.41, 5.74) is 4.72. The predicted octanol–water partition coefficient (Wildman–Crippen LogP) is 3.91. The van der Waals surface area contributed by atoms with Crippen molar-refractivity contribution in [3.63, 3.8) is 0 Å². The second-order valence-electron chi connectivity index (χ2n) is 3.05. The molecular formula is C11H13Cl. The third-order valence-electron chi connectivity index (χ3n) is 2.33. The molecule has 0 radical (unpaired) electrons. The van der Waals surface area contributed by atoms with Crippen LogP contribution < -0.4 is 0 Å². The largest absolute Gasteiger partial charge is 0.0984 e. The smallest absolute Gasteiger partial charge is 0.0510 e. The molecule has 0 fully saturated rings. The van der Waals surface area contributed by atoms with Gasteiger partial charge in [0.15, 0.2) is 0 Å². The van der Waals surface area contributed by atoms with E-state index in [2.05, 4.69) is 26.5 Å². The van der Waals surface area contributed by atoms with Crippen molar-refractivity contribution < 1.29 is 0 Å². The average Bonchev–Trinajstić information content (AvgIpc) is 2.08. The highest BCUT2D eigenvalue weighted by Crippen LogP contribution is 2.26. The van der Waals surface area contributed by atoms with Crippen LogP contribution in [-0.4, -0.2) is 0 Å². The number of hydrogen-bond donors (Lipinski definition) is 0. The van der Waals surface area contributed by atoms with E-state index in [1.165, 1.54) is 11.1 Å². The highest BCUT2D eigenvalue weighted by molar-refractivity contribution is 6.32. The highest BCUT2D eigenvalue weighted by Gasteiger charge is 2.05. The van der Waals surface area contributed by atoms with Crippen LogP contribution in [-0.2, 0) is 0 Å². The van der Waals surface area contributed by atoms with Crippen LogP contribution in [0.4, 0.5) is 0 Å². The Kier molecular flexibility index (Phi) is 2.58. The van der Waals surface area contributed by atoms with E-state index in [1.54, 1.807) is 6.08 Å². The maximum absolute atomic E-state index is 6.10. The second-order valence-corrected chi connectivity index (χ2v) is 3.43. The number of rotatable bonds is 1. The van der Waals surface area contributed by atoms with Crippen LogP contribution in [0.15, 0.2) is 12.6 Å². The van der Waals surface area contributed by atoms with Crippen molar-refractivity contribution in [2.75, 3.05) is 0 Å². The van der Waals surface area contributed by atoms with Gasteiger partial charge in [-0.2, -0.15) is 0 Å². The fourth-order valence-electron chi connectivity index (χ4n) is 1.23. The highest BCUT2D eigenvalue weighted by atomic mass is 35.5. The van der Waals surface area contributed by atoms with E-state index < -0.39 is 0 Å². The van der Waals surface area contributed by atoms with Gasteiger partial charge >= 0.3 is 0 Å². The molecule has 0 amide bonds. The van der Waals surface area contributed by atoms with E-state index in [1.807, 2.05) is 6.92 Å². The first-order valence-corrected chi connectivity index (χ1v) is 4.34. The molecule has 0 unspecified atom stereocenters. The molecule has 1 aromatic rings. The summed E-state index contributed by atoms with van der Waals surface area (Å²) in [4.78, 5) is 0. The third-order valence-corrected chi connectivity index (χ3v) is 2.83. The molecule has 0 aliphatic carbocycles. The van der Waals surface area contributed by atoms with Crippen LogP contribution in [0.5, 0.6) is 0 Å². The number of halogens is 1. The van der Waals surface area contributed by atoms with Gasteiger partial charge in [0.1, 0.15) is 0 Å². The van der Waals surface area contributed by atoms with Gasteiger partial charge in [0.25, 0.3) is 0 Å². The molecule has 0 spiro atoms. The normalized spacial score (nSPS) is 10.0. The van der Waals surface area contributed by atoms with Crippen molar-refractivity contribution in [3.8, 4) is 0 Å². The fraction of sp³-hybridized carbons (Fsp3) is 0.273. The second kappa shape index (κ2) is 3.32. The fourth-order valence-corrected chi connectivity index (χ4v) is 1.50. The van der Waals surface area contributed by atoms with Crippen molar-refractivity contribution in [3.05, 3.63) is 39.9 Å². The summed E-state index contributed by atoms with van der Waals surface area (Å²) < 4.78 is 0. The standard InChI is InChI=1S/C11H13Cl/c1-5-10-6-7(2)8(3)9(4)11(10)12/h5-6H,1H2,2-4H3. The van der Waals surface area contributed by atoms with Gasteiger partial charge in [-0.05, 0) is 43.0 Å². The topological polar surface area (TPSA) is 0 Å². The third kappa shape index (κ3) is 1.39. The summed E-state index contributed by atoms with van der Waals surface area (Å²) in [6.45, 7) is 9.93.